The highest BCUT2D eigenvalue weighted by Gasteiger charge is 2.40. The van der Waals surface area contributed by atoms with Crippen LogP contribution in [0.3, 0.4) is 0 Å². The molecule has 3 aromatic rings. The average Bonchev–Trinajstić information content (AvgIpc) is 3.56. The van der Waals surface area contributed by atoms with Crippen LogP contribution in [0.25, 0.3) is 0 Å². The van der Waals surface area contributed by atoms with Gasteiger partial charge in [-0.25, -0.2) is 14.8 Å². The summed E-state index contributed by atoms with van der Waals surface area (Å²) in [5, 5.41) is 10.3. The van der Waals surface area contributed by atoms with Crippen LogP contribution in [0.1, 0.15) is 54.4 Å². The van der Waals surface area contributed by atoms with Crippen molar-refractivity contribution >= 4 is 40.8 Å². The highest BCUT2D eigenvalue weighted by atomic mass is 16.5. The molecule has 0 bridgehead atoms. The zero-order chi connectivity index (χ0) is 30.8. The lowest BCUT2D eigenvalue weighted by Gasteiger charge is -2.46. The molecular weight excluding hydrogens is 558 g/mol. The number of aromatic nitrogens is 2. The predicted octanol–water partition coefficient (Wildman–Crippen LogP) is 4.37. The van der Waals surface area contributed by atoms with Gasteiger partial charge in [-0.3, -0.25) is 14.7 Å². The number of methoxy groups -OCH3 is 1. The highest BCUT2D eigenvalue weighted by Crippen LogP contribution is 2.40. The number of urea groups is 1. The second kappa shape index (κ2) is 12.6. The van der Waals surface area contributed by atoms with E-state index in [1.165, 1.54) is 0 Å². The Morgan fingerprint density at radius 3 is 2.48 bits per heavy atom. The molecule has 2 fully saturated rings. The monoisotopic (exact) mass is 599 g/mol. The summed E-state index contributed by atoms with van der Waals surface area (Å²) in [5.74, 6) is 1.42. The summed E-state index contributed by atoms with van der Waals surface area (Å²) in [6.45, 7) is 2.33. The molecule has 0 radical (unpaired) electrons. The Bertz CT molecular complexity index is 1500. The van der Waals surface area contributed by atoms with Gasteiger partial charge >= 0.3 is 6.03 Å². The number of carbonyl (C=O) groups is 2. The second-order valence-electron chi connectivity index (χ2n) is 11.9. The Morgan fingerprint density at radius 2 is 1.77 bits per heavy atom. The molecule has 3 amide bonds. The van der Waals surface area contributed by atoms with Gasteiger partial charge in [-0.1, -0.05) is 25.0 Å². The van der Waals surface area contributed by atoms with Crippen LogP contribution < -0.4 is 31.0 Å². The number of nitrogens with zero attached hydrogens (tertiary/aromatic N) is 6. The minimum absolute atomic E-state index is 0.115. The summed E-state index contributed by atoms with van der Waals surface area (Å²) >= 11 is 0. The summed E-state index contributed by atoms with van der Waals surface area (Å²) in [7, 11) is 5.42. The van der Waals surface area contributed by atoms with E-state index in [0.717, 1.165) is 57.2 Å². The fourth-order valence-electron chi connectivity index (χ4n) is 6.25. The third kappa shape index (κ3) is 6.07. The number of nitrogens with one attached hydrogen (secondary N) is 2. The van der Waals surface area contributed by atoms with Crippen LogP contribution in [0.5, 0.6) is 5.75 Å². The van der Waals surface area contributed by atoms with Crippen LogP contribution in [0.4, 0.5) is 33.6 Å². The minimum atomic E-state index is -0.138. The molecule has 2 aromatic carbocycles. The first-order chi connectivity index (χ1) is 21.3. The SMILES string of the molecule is COc1cc(C(=O)NC2CCN(C)CC2)ccc1Nc1ncc2c(n1)N(C1CCCC1)N(Cc1ccc(N)cc1)C(=O)N2C. The third-order valence-corrected chi connectivity index (χ3v) is 8.84. The molecule has 1 aromatic heterocycles. The molecule has 2 aliphatic heterocycles. The number of rotatable bonds is 8. The summed E-state index contributed by atoms with van der Waals surface area (Å²) in [6.07, 6.45) is 7.69. The number of piperidine rings is 1. The number of hydrogen-bond donors (Lipinski definition) is 3. The highest BCUT2D eigenvalue weighted by molar-refractivity contribution is 5.99. The van der Waals surface area contributed by atoms with Gasteiger partial charge in [0, 0.05) is 24.3 Å². The number of amides is 3. The molecule has 1 aliphatic carbocycles. The Hall–Kier alpha value is -4.58. The summed E-state index contributed by atoms with van der Waals surface area (Å²) in [5.41, 5.74) is 9.38. The van der Waals surface area contributed by atoms with Gasteiger partial charge in [0.2, 0.25) is 5.95 Å². The first-order valence-electron chi connectivity index (χ1n) is 15.3. The van der Waals surface area contributed by atoms with E-state index in [2.05, 4.69) is 32.6 Å². The van der Waals surface area contributed by atoms with Gasteiger partial charge in [-0.2, -0.15) is 4.98 Å². The van der Waals surface area contributed by atoms with Crippen molar-refractivity contribution in [3.8, 4) is 5.75 Å². The minimum Gasteiger partial charge on any atom is -0.495 e. The lowest BCUT2D eigenvalue weighted by molar-refractivity contribution is 0.0916. The van der Waals surface area contributed by atoms with Crippen molar-refractivity contribution < 1.29 is 14.3 Å². The molecule has 3 heterocycles. The number of anilines is 5. The van der Waals surface area contributed by atoms with Crippen LogP contribution in [0.2, 0.25) is 0 Å². The Labute approximate surface area is 258 Å². The van der Waals surface area contributed by atoms with E-state index < -0.39 is 0 Å². The molecule has 0 atom stereocenters. The first kappa shape index (κ1) is 29.5. The number of hydrogen-bond acceptors (Lipinski definition) is 9. The molecule has 4 N–H and O–H groups in total. The fourth-order valence-corrected chi connectivity index (χ4v) is 6.25. The largest absolute Gasteiger partial charge is 0.495 e. The number of likely N-dealkylation sites (tertiary alicyclic amines) is 1. The van der Waals surface area contributed by atoms with E-state index >= 15 is 0 Å². The van der Waals surface area contributed by atoms with Gasteiger partial charge in [0.1, 0.15) is 11.4 Å². The summed E-state index contributed by atoms with van der Waals surface area (Å²) in [4.78, 5) is 40.1. The van der Waals surface area contributed by atoms with Crippen LogP contribution in [-0.2, 0) is 6.54 Å². The van der Waals surface area contributed by atoms with Crippen molar-refractivity contribution in [3.05, 3.63) is 59.8 Å². The molecule has 44 heavy (non-hydrogen) atoms. The van der Waals surface area contributed by atoms with E-state index in [0.29, 0.717) is 46.7 Å². The van der Waals surface area contributed by atoms with Crippen molar-refractivity contribution in [1.29, 1.82) is 0 Å². The maximum absolute atomic E-state index is 13.7. The van der Waals surface area contributed by atoms with E-state index in [4.69, 9.17) is 15.5 Å². The van der Waals surface area contributed by atoms with Crippen LogP contribution in [-0.4, -0.2) is 78.2 Å². The van der Waals surface area contributed by atoms with Crippen LogP contribution in [0, 0.1) is 0 Å². The number of ether oxygens (including phenoxy) is 1. The van der Waals surface area contributed by atoms with Gasteiger partial charge in [0.15, 0.2) is 5.82 Å². The number of fused-ring (bicyclic) bond motifs is 1. The smallest absolute Gasteiger partial charge is 0.343 e. The molecule has 1 saturated carbocycles. The molecule has 6 rings (SSSR count). The zero-order valence-electron chi connectivity index (χ0n) is 25.6. The summed E-state index contributed by atoms with van der Waals surface area (Å²) in [6, 6.07) is 13.1. The topological polar surface area (TPSA) is 132 Å². The number of carbonyl (C=O) groups excluding carboxylic acids is 2. The first-order valence-corrected chi connectivity index (χ1v) is 15.3. The van der Waals surface area contributed by atoms with Gasteiger partial charge in [-0.05, 0) is 81.7 Å². The Balaban J connectivity index is 1.26. The van der Waals surface area contributed by atoms with Crippen molar-refractivity contribution in [2.75, 3.05) is 55.3 Å². The van der Waals surface area contributed by atoms with Gasteiger partial charge in [-0.15, -0.1) is 0 Å². The number of nitrogens with two attached hydrogens (primary N) is 1. The zero-order valence-corrected chi connectivity index (χ0v) is 25.6. The van der Waals surface area contributed by atoms with E-state index in [9.17, 15) is 9.59 Å². The predicted molar refractivity (Wildman–Crippen MR) is 171 cm³/mol. The number of benzene rings is 2. The van der Waals surface area contributed by atoms with E-state index in [1.807, 2.05) is 30.3 Å². The standard InChI is InChI=1S/C32H41N9O3/c1-38-16-14-24(15-17-38)35-30(42)22-10-13-26(28(18-22)44-3)36-31-34-19-27-29(37-31)41(25-6-4-5-7-25)40(32(43)39(27)2)20-21-8-11-23(33)12-9-21/h8-13,18-19,24-25H,4-7,14-17,20,33H2,1-3H3,(H,35,42)(H,34,36,37). The second-order valence-corrected chi connectivity index (χ2v) is 11.9. The van der Waals surface area contributed by atoms with Crippen LogP contribution in [0.15, 0.2) is 48.7 Å². The molecule has 1 saturated heterocycles. The molecule has 0 spiro atoms. The van der Waals surface area contributed by atoms with E-state index in [1.54, 1.807) is 42.4 Å². The van der Waals surface area contributed by atoms with Crippen molar-refractivity contribution in [2.24, 2.45) is 0 Å². The lowest BCUT2D eigenvalue weighted by atomic mass is 10.0. The number of nitrogen functional groups attached to an aromatic ring is 1. The Kier molecular flexibility index (Phi) is 8.42. The molecule has 12 heteroatoms. The van der Waals surface area contributed by atoms with Gasteiger partial charge < -0.3 is 26.0 Å². The third-order valence-electron chi connectivity index (χ3n) is 8.84. The maximum atomic E-state index is 13.7. The van der Waals surface area contributed by atoms with Crippen molar-refractivity contribution in [2.45, 2.75) is 57.2 Å². The summed E-state index contributed by atoms with van der Waals surface area (Å²) < 4.78 is 5.67. The fraction of sp³-hybridized carbons (Fsp3) is 0.438. The molecular formula is C32H41N9O3. The average molecular weight is 600 g/mol. The van der Waals surface area contributed by atoms with Gasteiger partial charge in [0.25, 0.3) is 5.91 Å². The molecule has 12 nitrogen and oxygen atoms in total. The maximum Gasteiger partial charge on any atom is 0.343 e. The van der Waals surface area contributed by atoms with Crippen LogP contribution >= 0.6 is 0 Å². The Morgan fingerprint density at radius 1 is 1.05 bits per heavy atom. The number of hydrazine groups is 1. The van der Waals surface area contributed by atoms with Crippen molar-refractivity contribution in [1.82, 2.24) is 25.2 Å². The lowest BCUT2D eigenvalue weighted by Crippen LogP contribution is -2.58. The molecule has 3 aliphatic rings. The van der Waals surface area contributed by atoms with Crippen molar-refractivity contribution in [3.63, 3.8) is 0 Å². The molecule has 232 valence electrons. The molecule has 0 unspecified atom stereocenters. The quantitative estimate of drug-likeness (QED) is 0.323. The van der Waals surface area contributed by atoms with Gasteiger partial charge in [0.05, 0.1) is 31.6 Å². The van der Waals surface area contributed by atoms with E-state index in [-0.39, 0.29) is 24.0 Å². The normalized spacial score (nSPS) is 18.0.